The second-order valence-corrected chi connectivity index (χ2v) is 6.36. The van der Waals surface area contributed by atoms with E-state index < -0.39 is 0 Å². The van der Waals surface area contributed by atoms with Crippen molar-refractivity contribution in [3.05, 3.63) is 29.8 Å². The zero-order chi connectivity index (χ0) is 16.5. The van der Waals surface area contributed by atoms with Crippen molar-refractivity contribution in [2.75, 3.05) is 33.3 Å². The van der Waals surface area contributed by atoms with Crippen LogP contribution >= 0.6 is 0 Å². The number of piperidine rings is 1. The Balaban J connectivity index is 1.80. The molecule has 23 heavy (non-hydrogen) atoms. The summed E-state index contributed by atoms with van der Waals surface area (Å²) < 4.78 is 5.19. The van der Waals surface area contributed by atoms with Gasteiger partial charge in [-0.2, -0.15) is 0 Å². The fourth-order valence-corrected chi connectivity index (χ4v) is 2.91. The minimum Gasteiger partial charge on any atom is -0.497 e. The monoisotopic (exact) mass is 317 g/mol. The molecule has 0 spiro atoms. The standard InChI is InChI=1S/C19H31N3O/c1-4-20-19(22-14-11-16(2)12-15-22)21-13-5-6-17-7-9-18(23-3)10-8-17/h7-10,16H,4-6,11-15H2,1-3H3,(H,20,21). The third-order valence-electron chi connectivity index (χ3n) is 4.46. The summed E-state index contributed by atoms with van der Waals surface area (Å²) in [6.07, 6.45) is 4.68. The van der Waals surface area contributed by atoms with E-state index in [9.17, 15) is 0 Å². The highest BCUT2D eigenvalue weighted by atomic mass is 16.5. The molecule has 0 unspecified atom stereocenters. The van der Waals surface area contributed by atoms with Gasteiger partial charge in [-0.1, -0.05) is 19.1 Å². The Hall–Kier alpha value is -1.71. The first-order valence-electron chi connectivity index (χ1n) is 8.89. The predicted molar refractivity (Wildman–Crippen MR) is 97.3 cm³/mol. The first kappa shape index (κ1) is 17.6. The lowest BCUT2D eigenvalue weighted by Crippen LogP contribution is -2.45. The van der Waals surface area contributed by atoms with Crippen LogP contribution in [0.1, 0.15) is 38.7 Å². The molecule has 1 N–H and O–H groups in total. The van der Waals surface area contributed by atoms with Gasteiger partial charge in [-0.3, -0.25) is 4.99 Å². The van der Waals surface area contributed by atoms with E-state index in [2.05, 4.69) is 36.2 Å². The molecule has 0 atom stereocenters. The van der Waals surface area contributed by atoms with Crippen LogP contribution in [-0.4, -0.2) is 44.1 Å². The maximum Gasteiger partial charge on any atom is 0.193 e. The number of guanidine groups is 1. The van der Waals surface area contributed by atoms with Crippen LogP contribution in [-0.2, 0) is 6.42 Å². The van der Waals surface area contributed by atoms with Crippen molar-refractivity contribution in [2.45, 2.75) is 39.5 Å². The number of hydrogen-bond donors (Lipinski definition) is 1. The molecule has 1 aliphatic heterocycles. The lowest BCUT2D eigenvalue weighted by atomic mass is 10.00. The maximum absolute atomic E-state index is 5.19. The van der Waals surface area contributed by atoms with Gasteiger partial charge in [0.15, 0.2) is 5.96 Å². The number of aryl methyl sites for hydroxylation is 1. The van der Waals surface area contributed by atoms with E-state index in [1.54, 1.807) is 7.11 Å². The van der Waals surface area contributed by atoms with Crippen LogP contribution in [0.2, 0.25) is 0 Å². The molecule has 0 bridgehead atoms. The van der Waals surface area contributed by atoms with Gasteiger partial charge in [0.1, 0.15) is 5.75 Å². The lowest BCUT2D eigenvalue weighted by Gasteiger charge is -2.33. The van der Waals surface area contributed by atoms with Gasteiger partial charge in [0.05, 0.1) is 7.11 Å². The highest BCUT2D eigenvalue weighted by Crippen LogP contribution is 2.16. The molecule has 1 saturated heterocycles. The van der Waals surface area contributed by atoms with Crippen LogP contribution in [0.5, 0.6) is 5.75 Å². The van der Waals surface area contributed by atoms with E-state index in [1.807, 2.05) is 12.1 Å². The van der Waals surface area contributed by atoms with E-state index in [0.29, 0.717) is 0 Å². The fraction of sp³-hybridized carbons (Fsp3) is 0.632. The lowest BCUT2D eigenvalue weighted by molar-refractivity contribution is 0.273. The van der Waals surface area contributed by atoms with E-state index in [4.69, 9.17) is 9.73 Å². The molecule has 1 aromatic rings. The average Bonchev–Trinajstić information content (AvgIpc) is 2.59. The van der Waals surface area contributed by atoms with Crippen molar-refractivity contribution in [1.82, 2.24) is 10.2 Å². The highest BCUT2D eigenvalue weighted by molar-refractivity contribution is 5.80. The molecule has 4 heteroatoms. The summed E-state index contributed by atoms with van der Waals surface area (Å²) in [6, 6.07) is 8.33. The molecular weight excluding hydrogens is 286 g/mol. The molecule has 128 valence electrons. The second kappa shape index (κ2) is 9.43. The van der Waals surface area contributed by atoms with Gasteiger partial charge in [-0.25, -0.2) is 0 Å². The molecule has 2 rings (SSSR count). The van der Waals surface area contributed by atoms with Gasteiger partial charge in [0.25, 0.3) is 0 Å². The Labute approximate surface area is 140 Å². The third kappa shape index (κ3) is 5.77. The molecule has 1 aromatic carbocycles. The van der Waals surface area contributed by atoms with E-state index in [-0.39, 0.29) is 0 Å². The summed E-state index contributed by atoms with van der Waals surface area (Å²) in [6.45, 7) is 8.55. The quantitative estimate of drug-likeness (QED) is 0.497. The Bertz CT molecular complexity index is 476. The fourth-order valence-electron chi connectivity index (χ4n) is 2.91. The molecule has 1 aliphatic rings. The SMILES string of the molecule is CCNC(=NCCCc1ccc(OC)cc1)N1CCC(C)CC1. The topological polar surface area (TPSA) is 36.9 Å². The number of hydrogen-bond acceptors (Lipinski definition) is 2. The summed E-state index contributed by atoms with van der Waals surface area (Å²) >= 11 is 0. The van der Waals surface area contributed by atoms with Crippen LogP contribution in [0, 0.1) is 5.92 Å². The van der Waals surface area contributed by atoms with E-state index >= 15 is 0 Å². The van der Waals surface area contributed by atoms with Gasteiger partial charge in [-0.05, 0) is 56.2 Å². The molecule has 0 aromatic heterocycles. The first-order chi connectivity index (χ1) is 11.2. The van der Waals surface area contributed by atoms with Crippen molar-refractivity contribution in [1.29, 1.82) is 0 Å². The highest BCUT2D eigenvalue weighted by Gasteiger charge is 2.18. The van der Waals surface area contributed by atoms with Crippen molar-refractivity contribution in [3.63, 3.8) is 0 Å². The summed E-state index contributed by atoms with van der Waals surface area (Å²) in [7, 11) is 1.70. The number of nitrogens with one attached hydrogen (secondary N) is 1. The first-order valence-corrected chi connectivity index (χ1v) is 8.89. The van der Waals surface area contributed by atoms with Gasteiger partial charge in [0.2, 0.25) is 0 Å². The Morgan fingerprint density at radius 1 is 1.26 bits per heavy atom. The number of ether oxygens (including phenoxy) is 1. The number of benzene rings is 1. The summed E-state index contributed by atoms with van der Waals surface area (Å²) in [5, 5.41) is 3.44. The van der Waals surface area contributed by atoms with Crippen LogP contribution < -0.4 is 10.1 Å². The molecule has 0 radical (unpaired) electrons. The molecule has 1 heterocycles. The van der Waals surface area contributed by atoms with Crippen molar-refractivity contribution < 1.29 is 4.74 Å². The second-order valence-electron chi connectivity index (χ2n) is 6.36. The summed E-state index contributed by atoms with van der Waals surface area (Å²) in [5.41, 5.74) is 1.35. The number of aliphatic imine (C=N–C) groups is 1. The summed E-state index contributed by atoms with van der Waals surface area (Å²) in [4.78, 5) is 7.23. The normalized spacial score (nSPS) is 16.5. The largest absolute Gasteiger partial charge is 0.497 e. The molecule has 0 amide bonds. The van der Waals surface area contributed by atoms with Crippen LogP contribution in [0.15, 0.2) is 29.3 Å². The number of methoxy groups -OCH3 is 1. The summed E-state index contributed by atoms with van der Waals surface area (Å²) in [5.74, 6) is 2.86. The van der Waals surface area contributed by atoms with E-state index in [0.717, 1.165) is 56.6 Å². The van der Waals surface area contributed by atoms with Gasteiger partial charge in [-0.15, -0.1) is 0 Å². The van der Waals surface area contributed by atoms with Crippen LogP contribution in [0.4, 0.5) is 0 Å². The molecule has 0 saturated carbocycles. The van der Waals surface area contributed by atoms with Crippen molar-refractivity contribution in [3.8, 4) is 5.75 Å². The zero-order valence-electron chi connectivity index (χ0n) is 14.8. The predicted octanol–water partition coefficient (Wildman–Crippen LogP) is 3.33. The number of likely N-dealkylation sites (tertiary alicyclic amines) is 1. The Kier molecular flexibility index (Phi) is 7.24. The van der Waals surface area contributed by atoms with Crippen molar-refractivity contribution in [2.24, 2.45) is 10.9 Å². The number of rotatable bonds is 6. The number of nitrogens with zero attached hydrogens (tertiary/aromatic N) is 2. The Morgan fingerprint density at radius 2 is 1.96 bits per heavy atom. The van der Waals surface area contributed by atoms with Crippen LogP contribution in [0.3, 0.4) is 0 Å². The van der Waals surface area contributed by atoms with Gasteiger partial charge in [0, 0.05) is 26.2 Å². The van der Waals surface area contributed by atoms with Crippen LogP contribution in [0.25, 0.3) is 0 Å². The molecule has 0 aliphatic carbocycles. The van der Waals surface area contributed by atoms with Crippen molar-refractivity contribution >= 4 is 5.96 Å². The Morgan fingerprint density at radius 3 is 2.57 bits per heavy atom. The molecule has 4 nitrogen and oxygen atoms in total. The maximum atomic E-state index is 5.19. The van der Waals surface area contributed by atoms with Gasteiger partial charge >= 0.3 is 0 Å². The zero-order valence-corrected chi connectivity index (χ0v) is 14.8. The smallest absolute Gasteiger partial charge is 0.193 e. The van der Waals surface area contributed by atoms with Gasteiger partial charge < -0.3 is 15.0 Å². The van der Waals surface area contributed by atoms with E-state index in [1.165, 1.54) is 18.4 Å². The minimum absolute atomic E-state index is 0.851. The average molecular weight is 317 g/mol. The molecular formula is C19H31N3O. The third-order valence-corrected chi connectivity index (χ3v) is 4.46. The molecule has 1 fully saturated rings. The minimum atomic E-state index is 0.851.